The van der Waals surface area contributed by atoms with Gasteiger partial charge in [-0.3, -0.25) is 4.79 Å². The summed E-state index contributed by atoms with van der Waals surface area (Å²) in [6.07, 6.45) is 0. The molecule has 0 atom stereocenters. The van der Waals surface area contributed by atoms with Gasteiger partial charge in [-0.25, -0.2) is 4.79 Å². The lowest BCUT2D eigenvalue weighted by atomic mass is 9.99. The summed E-state index contributed by atoms with van der Waals surface area (Å²) in [4.78, 5) is 23.2. The van der Waals surface area contributed by atoms with Crippen LogP contribution in [0.15, 0.2) is 35.9 Å². The van der Waals surface area contributed by atoms with Crippen LogP contribution in [-0.2, 0) is 14.3 Å². The Hall–Kier alpha value is -1.90. The zero-order chi connectivity index (χ0) is 12.8. The molecular formula is C14H16O3. The smallest absolute Gasteiger partial charge is 0.342 e. The summed E-state index contributed by atoms with van der Waals surface area (Å²) in [6.45, 7) is 5.10. The highest BCUT2D eigenvalue weighted by Crippen LogP contribution is 2.19. The van der Waals surface area contributed by atoms with Crippen LogP contribution in [0, 0.1) is 0 Å². The van der Waals surface area contributed by atoms with Crippen LogP contribution in [-0.4, -0.2) is 18.4 Å². The number of carbonyl (C=O) groups is 2. The first-order valence-corrected chi connectivity index (χ1v) is 5.52. The van der Waals surface area contributed by atoms with Crippen LogP contribution >= 0.6 is 0 Å². The third kappa shape index (κ3) is 3.28. The van der Waals surface area contributed by atoms with Crippen LogP contribution in [0.1, 0.15) is 26.3 Å². The second-order valence-corrected chi connectivity index (χ2v) is 3.64. The lowest BCUT2D eigenvalue weighted by Crippen LogP contribution is -2.15. The van der Waals surface area contributed by atoms with Crippen molar-refractivity contribution in [1.82, 2.24) is 0 Å². The van der Waals surface area contributed by atoms with Crippen molar-refractivity contribution in [2.45, 2.75) is 20.8 Å². The number of rotatable bonds is 4. The number of carbonyl (C=O) groups excluding carboxylic acids is 2. The Morgan fingerprint density at radius 1 is 1.12 bits per heavy atom. The molecule has 0 radical (unpaired) electrons. The predicted molar refractivity (Wildman–Crippen MR) is 66.4 cm³/mol. The van der Waals surface area contributed by atoms with Crippen molar-refractivity contribution in [2.24, 2.45) is 0 Å². The van der Waals surface area contributed by atoms with Gasteiger partial charge in [-0.1, -0.05) is 30.3 Å². The summed E-state index contributed by atoms with van der Waals surface area (Å²) in [5.74, 6) is -0.828. The maximum Gasteiger partial charge on any atom is 0.342 e. The topological polar surface area (TPSA) is 43.4 Å². The third-order valence-electron chi connectivity index (χ3n) is 2.41. The summed E-state index contributed by atoms with van der Waals surface area (Å²) in [5.41, 5.74) is 1.63. The van der Waals surface area contributed by atoms with Crippen molar-refractivity contribution in [3.05, 3.63) is 41.5 Å². The quantitative estimate of drug-likeness (QED) is 0.347. The molecule has 0 fully saturated rings. The van der Waals surface area contributed by atoms with Gasteiger partial charge in [-0.05, 0) is 31.9 Å². The minimum Gasteiger partial charge on any atom is -0.462 e. The maximum absolute atomic E-state index is 11.7. The van der Waals surface area contributed by atoms with Gasteiger partial charge in [0, 0.05) is 0 Å². The van der Waals surface area contributed by atoms with E-state index in [9.17, 15) is 9.59 Å². The maximum atomic E-state index is 11.7. The number of hydrogen-bond acceptors (Lipinski definition) is 3. The van der Waals surface area contributed by atoms with Crippen molar-refractivity contribution >= 4 is 17.3 Å². The average Bonchev–Trinajstić information content (AvgIpc) is 2.30. The number of ketones is 1. The van der Waals surface area contributed by atoms with E-state index in [1.165, 1.54) is 6.92 Å². The second kappa shape index (κ2) is 5.99. The van der Waals surface area contributed by atoms with Gasteiger partial charge in [0.25, 0.3) is 0 Å². The average molecular weight is 232 g/mol. The first kappa shape index (κ1) is 13.2. The SMILES string of the molecule is CCOC(=O)/C(C(C)=O)=C(/C)c1ccccc1. The summed E-state index contributed by atoms with van der Waals surface area (Å²) in [7, 11) is 0. The largest absolute Gasteiger partial charge is 0.462 e. The van der Waals surface area contributed by atoms with E-state index in [2.05, 4.69) is 0 Å². The number of Topliss-reactive ketones (excluding diaryl/α,β-unsaturated/α-hetero) is 1. The summed E-state index contributed by atoms with van der Waals surface area (Å²) < 4.78 is 4.89. The van der Waals surface area contributed by atoms with Gasteiger partial charge in [-0.15, -0.1) is 0 Å². The Balaban J connectivity index is 3.21. The fraction of sp³-hybridized carbons (Fsp3) is 0.286. The van der Waals surface area contributed by atoms with Gasteiger partial charge >= 0.3 is 5.97 Å². The van der Waals surface area contributed by atoms with Crippen LogP contribution in [0.5, 0.6) is 0 Å². The van der Waals surface area contributed by atoms with Crippen LogP contribution in [0.2, 0.25) is 0 Å². The Morgan fingerprint density at radius 3 is 2.18 bits per heavy atom. The number of ether oxygens (including phenoxy) is 1. The molecule has 90 valence electrons. The molecule has 0 amide bonds. The molecule has 1 aromatic carbocycles. The van der Waals surface area contributed by atoms with E-state index in [0.717, 1.165) is 5.56 Å². The molecule has 1 rings (SSSR count). The highest BCUT2D eigenvalue weighted by atomic mass is 16.5. The minimum atomic E-state index is -0.554. The molecule has 0 heterocycles. The highest BCUT2D eigenvalue weighted by Gasteiger charge is 2.19. The molecule has 0 aliphatic rings. The van der Waals surface area contributed by atoms with Gasteiger partial charge in [-0.2, -0.15) is 0 Å². The lowest BCUT2D eigenvalue weighted by Gasteiger charge is -2.08. The monoisotopic (exact) mass is 232 g/mol. The van der Waals surface area contributed by atoms with Gasteiger partial charge in [0.1, 0.15) is 5.57 Å². The normalized spacial score (nSPS) is 11.7. The highest BCUT2D eigenvalue weighted by molar-refractivity contribution is 6.21. The van der Waals surface area contributed by atoms with Crippen LogP contribution in [0.4, 0.5) is 0 Å². The molecule has 0 bridgehead atoms. The molecule has 17 heavy (non-hydrogen) atoms. The Morgan fingerprint density at radius 2 is 1.71 bits per heavy atom. The number of allylic oxidation sites excluding steroid dienone is 1. The Kier molecular flexibility index (Phi) is 4.64. The van der Waals surface area contributed by atoms with E-state index in [-0.39, 0.29) is 18.0 Å². The first-order valence-electron chi connectivity index (χ1n) is 5.52. The summed E-state index contributed by atoms with van der Waals surface area (Å²) in [5, 5.41) is 0. The van der Waals surface area contributed by atoms with Crippen molar-refractivity contribution in [1.29, 1.82) is 0 Å². The first-order chi connectivity index (χ1) is 8.07. The Labute approximate surface area is 101 Å². The van der Waals surface area contributed by atoms with Gasteiger partial charge < -0.3 is 4.74 Å². The molecular weight excluding hydrogens is 216 g/mol. The molecule has 0 saturated heterocycles. The molecule has 0 spiro atoms. The van der Waals surface area contributed by atoms with Gasteiger partial charge in [0.15, 0.2) is 5.78 Å². The van der Waals surface area contributed by atoms with E-state index in [1.54, 1.807) is 13.8 Å². The van der Waals surface area contributed by atoms with E-state index in [1.807, 2.05) is 30.3 Å². The summed E-state index contributed by atoms with van der Waals surface area (Å²) in [6, 6.07) is 9.33. The number of benzene rings is 1. The predicted octanol–water partition coefficient (Wildman–Crippen LogP) is 2.61. The van der Waals surface area contributed by atoms with E-state index in [4.69, 9.17) is 4.74 Å². The van der Waals surface area contributed by atoms with E-state index in [0.29, 0.717) is 5.57 Å². The summed E-state index contributed by atoms with van der Waals surface area (Å²) >= 11 is 0. The van der Waals surface area contributed by atoms with Crippen molar-refractivity contribution in [3.63, 3.8) is 0 Å². The minimum absolute atomic E-state index is 0.123. The van der Waals surface area contributed by atoms with Crippen molar-refractivity contribution < 1.29 is 14.3 Å². The second-order valence-electron chi connectivity index (χ2n) is 3.64. The molecule has 3 heteroatoms. The zero-order valence-electron chi connectivity index (χ0n) is 10.3. The molecule has 0 aliphatic carbocycles. The van der Waals surface area contributed by atoms with E-state index < -0.39 is 5.97 Å². The van der Waals surface area contributed by atoms with E-state index >= 15 is 0 Å². The van der Waals surface area contributed by atoms with Crippen LogP contribution in [0.3, 0.4) is 0 Å². The fourth-order valence-corrected chi connectivity index (χ4v) is 1.60. The molecule has 0 saturated carbocycles. The number of esters is 1. The molecule has 1 aromatic rings. The van der Waals surface area contributed by atoms with Crippen LogP contribution < -0.4 is 0 Å². The fourth-order valence-electron chi connectivity index (χ4n) is 1.60. The molecule has 0 aromatic heterocycles. The number of hydrogen-bond donors (Lipinski definition) is 0. The molecule has 0 unspecified atom stereocenters. The van der Waals surface area contributed by atoms with Gasteiger partial charge in [0.05, 0.1) is 6.61 Å². The lowest BCUT2D eigenvalue weighted by molar-refractivity contribution is -0.139. The van der Waals surface area contributed by atoms with Crippen molar-refractivity contribution in [3.8, 4) is 0 Å². The third-order valence-corrected chi connectivity index (χ3v) is 2.41. The van der Waals surface area contributed by atoms with Gasteiger partial charge in [0.2, 0.25) is 0 Å². The molecule has 0 aliphatic heterocycles. The van der Waals surface area contributed by atoms with Crippen LogP contribution in [0.25, 0.3) is 5.57 Å². The molecule has 0 N–H and O–H groups in total. The Bertz CT molecular complexity index is 444. The standard InChI is InChI=1S/C14H16O3/c1-4-17-14(16)13(11(3)15)10(2)12-8-6-5-7-9-12/h5-9H,4H2,1-3H3/b13-10-. The van der Waals surface area contributed by atoms with Crippen molar-refractivity contribution in [2.75, 3.05) is 6.61 Å². The molecule has 3 nitrogen and oxygen atoms in total. The zero-order valence-corrected chi connectivity index (χ0v) is 10.3.